The number of benzene rings is 7. The molecule has 0 amide bonds. The summed E-state index contributed by atoms with van der Waals surface area (Å²) in [5, 5.41) is 52.4. The van der Waals surface area contributed by atoms with Crippen LogP contribution in [0.15, 0.2) is 263 Å². The molecule has 0 N–H and O–H groups in total. The molecule has 13 aromatic rings. The van der Waals surface area contributed by atoms with Crippen LogP contribution in [0.2, 0.25) is 0 Å². The number of carbonyl (C=O) groups is 2. The van der Waals surface area contributed by atoms with Gasteiger partial charge >= 0.3 is 0 Å². The highest BCUT2D eigenvalue weighted by Gasteiger charge is 2.43. The lowest BCUT2D eigenvalue weighted by Crippen LogP contribution is -2.27. The molecule has 6 aromatic heterocycles. The van der Waals surface area contributed by atoms with E-state index in [0.29, 0.717) is 33.9 Å². The maximum absolute atomic E-state index is 11.8. The van der Waals surface area contributed by atoms with Gasteiger partial charge < -0.3 is 4.79 Å². The summed E-state index contributed by atoms with van der Waals surface area (Å²) in [5.74, 6) is 3.67. The minimum Gasteiger partial charge on any atom is -0.300 e. The van der Waals surface area contributed by atoms with Gasteiger partial charge in [-0.15, -0.1) is 58.8 Å². The lowest BCUT2D eigenvalue weighted by atomic mass is 9.72. The number of ketones is 2. The summed E-state index contributed by atoms with van der Waals surface area (Å²) < 4.78 is -0.343. The van der Waals surface area contributed by atoms with Crippen LogP contribution < -0.4 is 0 Å². The van der Waals surface area contributed by atoms with Crippen LogP contribution in [0, 0.1) is 79.8 Å². The first-order chi connectivity index (χ1) is 58.4. The van der Waals surface area contributed by atoms with Crippen molar-refractivity contribution in [1.29, 1.82) is 26.3 Å². The Bertz CT molecular complexity index is 6130. The number of nitriles is 5. The maximum Gasteiger partial charge on any atom is 0.145 e. The van der Waals surface area contributed by atoms with Crippen LogP contribution in [0.1, 0.15) is 173 Å². The molecular weight excluding hydrogens is 1580 g/mol. The molecular formula is C103H99N11O2S5. The van der Waals surface area contributed by atoms with Gasteiger partial charge in [0.25, 0.3) is 0 Å². The standard InChI is InChI=1S/C23H22N2S.C22H20N2S.C22H22N2S.C19H18N2OS.C17H17N3OS/c1-23(11-4-5-12-23)16-26-22-10-13-25-15-21(22)20-9-8-17(14-24)18-6-2-3-7-19(18)20;1-22(10-4-11-22)15-25-21-9-12-24-14-20(21)19-8-7-16(13-23)17-5-2-3-6-18(17)19;1-4-12-22(2,3)25-21-11-13-24-15-20(21)19-10-9-16(14-23)17-7-5-6-8-18(17)19;1-14(22)10-19(7-8-19)13-23-18-6-9-21-12-17(18)16-4-2-15(11-20)3-5-16;1-11-7-13(8-18)9-20-16(11)14-10-19-6-5-15(14)22-17(3,4)12(2)21/h2-3,6-10,13,15H,4-5,11-12,16H2,1H3;2-3,5-9,12,14H,4,10-11,15H2,1H3;5-11,13,15H,4,12H2,1-3H3;2-6,9,12H,7-8,10,13H2,1H3;5-7,9-10H,1-4H3. The number of hydrogen-bond donors (Lipinski definition) is 0. The average molecular weight is 1680 g/mol. The van der Waals surface area contributed by atoms with E-state index >= 15 is 0 Å². The van der Waals surface area contributed by atoms with Crippen molar-refractivity contribution in [2.24, 2.45) is 16.2 Å². The molecule has 16 rings (SSSR count). The van der Waals surface area contributed by atoms with Gasteiger partial charge in [0.1, 0.15) is 17.6 Å². The molecule has 18 heteroatoms. The van der Waals surface area contributed by atoms with E-state index in [2.05, 4.69) is 149 Å². The number of thioether (sulfide) groups is 5. The summed E-state index contributed by atoms with van der Waals surface area (Å²) in [6.45, 7) is 20.6. The quantitative estimate of drug-likeness (QED) is 0.0542. The van der Waals surface area contributed by atoms with Crippen LogP contribution in [0.4, 0.5) is 0 Å². The van der Waals surface area contributed by atoms with Gasteiger partial charge in [0.2, 0.25) is 0 Å². The first-order valence-electron chi connectivity index (χ1n) is 41.0. The monoisotopic (exact) mass is 1680 g/mol. The summed E-state index contributed by atoms with van der Waals surface area (Å²) in [5.41, 5.74) is 16.1. The zero-order chi connectivity index (χ0) is 85.7. The molecule has 6 heterocycles. The zero-order valence-electron chi connectivity index (χ0n) is 70.4. The Kier molecular flexibility index (Phi) is 30.1. The van der Waals surface area contributed by atoms with Crippen LogP contribution in [-0.4, -0.2) is 68.2 Å². The highest BCUT2D eigenvalue weighted by molar-refractivity contribution is 8.01. The number of rotatable bonds is 23. The van der Waals surface area contributed by atoms with E-state index in [1.165, 1.54) is 88.3 Å². The van der Waals surface area contributed by atoms with Crippen LogP contribution in [0.5, 0.6) is 0 Å². The van der Waals surface area contributed by atoms with Crippen LogP contribution in [-0.2, 0) is 9.59 Å². The zero-order valence-corrected chi connectivity index (χ0v) is 74.5. The van der Waals surface area contributed by atoms with Crippen molar-refractivity contribution in [2.75, 3.05) is 17.3 Å². The number of aromatic nitrogens is 6. The summed E-state index contributed by atoms with van der Waals surface area (Å²) >= 11 is 9.10. The second-order valence-electron chi connectivity index (χ2n) is 33.2. The van der Waals surface area contributed by atoms with Crippen molar-refractivity contribution in [3.63, 3.8) is 0 Å². The fraction of sp³-hybridized carbons (Fsp3) is 0.291. The van der Waals surface area contributed by atoms with Crippen molar-refractivity contribution in [3.8, 4) is 86.1 Å². The predicted molar refractivity (Wildman–Crippen MR) is 500 cm³/mol. The minimum absolute atomic E-state index is 0.116. The summed E-state index contributed by atoms with van der Waals surface area (Å²) in [7, 11) is 0. The number of Topliss-reactive ketones (excluding diaryl/α,β-unsaturated/α-hetero) is 2. The highest BCUT2D eigenvalue weighted by atomic mass is 32.2. The molecule has 3 fully saturated rings. The Morgan fingerprint density at radius 2 is 0.802 bits per heavy atom. The molecule has 13 nitrogen and oxygen atoms in total. The molecule has 0 radical (unpaired) electrons. The number of carbonyl (C=O) groups excluding carboxylic acids is 2. The van der Waals surface area contributed by atoms with Gasteiger partial charge in [-0.05, 0) is 207 Å². The molecule has 3 aliphatic rings. The average Bonchev–Trinajstić information content (AvgIpc) is 1.33. The SMILES string of the molecule is CC(=O)C(C)(C)Sc1ccncc1-c1ncc(C#N)cc1C.CC(=O)CC1(CSc2ccncc2-c2ccc(C#N)cc2)CC1.CC1(CSc2ccncc2-c2ccc(C#N)c3ccccc23)CCC1.CC1(CSc2ccncc2-c2ccc(C#N)c3ccccc23)CCCC1.CCCC(C)(C)Sc1ccncc1-c1ccc(C#N)c2ccccc12. The predicted octanol–water partition coefficient (Wildman–Crippen LogP) is 27.2. The van der Waals surface area contributed by atoms with Crippen molar-refractivity contribution in [1.82, 2.24) is 29.9 Å². The van der Waals surface area contributed by atoms with E-state index < -0.39 is 4.75 Å². The maximum atomic E-state index is 11.8. The summed E-state index contributed by atoms with van der Waals surface area (Å²) in [6, 6.07) is 67.2. The van der Waals surface area contributed by atoms with Crippen LogP contribution >= 0.6 is 58.8 Å². The number of hydrogen-bond acceptors (Lipinski definition) is 18. The molecule has 0 saturated heterocycles. The van der Waals surface area contributed by atoms with Crippen LogP contribution in [0.3, 0.4) is 0 Å². The lowest BCUT2D eigenvalue weighted by molar-refractivity contribution is -0.119. The van der Waals surface area contributed by atoms with Crippen molar-refractivity contribution >= 4 is 103 Å². The van der Waals surface area contributed by atoms with Crippen molar-refractivity contribution < 1.29 is 9.59 Å². The fourth-order valence-corrected chi connectivity index (χ4v) is 21.7. The number of nitrogens with zero attached hydrogens (tertiary/aromatic N) is 11. The molecule has 0 unspecified atom stereocenters. The fourth-order valence-electron chi connectivity index (χ4n) is 15.4. The summed E-state index contributed by atoms with van der Waals surface area (Å²) in [4.78, 5) is 55.1. The third-order valence-electron chi connectivity index (χ3n) is 22.8. The smallest absolute Gasteiger partial charge is 0.145 e. The van der Waals surface area contributed by atoms with Gasteiger partial charge in [-0.1, -0.05) is 163 Å². The van der Waals surface area contributed by atoms with E-state index in [4.69, 9.17) is 10.5 Å². The molecule has 7 aromatic carbocycles. The van der Waals surface area contributed by atoms with Crippen molar-refractivity contribution in [2.45, 2.75) is 180 Å². The number of fused-ring (bicyclic) bond motifs is 3. The van der Waals surface area contributed by atoms with E-state index in [-0.39, 0.29) is 21.7 Å². The van der Waals surface area contributed by atoms with Crippen LogP contribution in [0.25, 0.3) is 88.1 Å². The molecule has 0 atom stereocenters. The largest absolute Gasteiger partial charge is 0.300 e. The first-order valence-corrected chi connectivity index (χ1v) is 45.6. The Labute approximate surface area is 734 Å². The molecule has 0 aliphatic heterocycles. The van der Waals surface area contributed by atoms with E-state index in [1.807, 2.05) is 209 Å². The topological polar surface area (TPSA) is 230 Å². The second-order valence-corrected chi connectivity index (χ2v) is 39.7. The van der Waals surface area contributed by atoms with Gasteiger partial charge in [0.15, 0.2) is 0 Å². The van der Waals surface area contributed by atoms with Gasteiger partial charge in [0.05, 0.1) is 62.5 Å². The Balaban J connectivity index is 0.000000139. The molecule has 0 spiro atoms. The highest BCUT2D eigenvalue weighted by Crippen LogP contribution is 2.54. The molecule has 3 saturated carbocycles. The van der Waals surface area contributed by atoms with E-state index in [0.717, 1.165) is 141 Å². The molecule has 608 valence electrons. The third kappa shape index (κ3) is 22.7. The first kappa shape index (κ1) is 89.0. The number of pyridine rings is 6. The van der Waals surface area contributed by atoms with Gasteiger partial charge in [-0.25, -0.2) is 0 Å². The van der Waals surface area contributed by atoms with Gasteiger partial charge in [0, 0.05) is 165 Å². The van der Waals surface area contributed by atoms with Gasteiger partial charge in [-0.2, -0.15) is 26.3 Å². The van der Waals surface area contributed by atoms with E-state index in [9.17, 15) is 25.4 Å². The Morgan fingerprint density at radius 3 is 1.19 bits per heavy atom. The lowest BCUT2D eigenvalue weighted by Gasteiger charge is -2.38. The third-order valence-corrected chi connectivity index (χ3v) is 29.9. The van der Waals surface area contributed by atoms with Gasteiger partial charge in [-0.3, -0.25) is 34.7 Å². The second kappa shape index (κ2) is 40.9. The minimum atomic E-state index is -0.517. The van der Waals surface area contributed by atoms with Crippen molar-refractivity contribution in [3.05, 3.63) is 271 Å². The van der Waals surface area contributed by atoms with E-state index in [1.54, 1.807) is 56.5 Å². The Hall–Kier alpha value is -11.2. The molecule has 121 heavy (non-hydrogen) atoms. The summed E-state index contributed by atoms with van der Waals surface area (Å²) in [6.07, 6.45) is 34.9. The molecule has 3 aliphatic carbocycles. The molecule has 0 bridgehead atoms. The number of aryl methyl sites for hydroxylation is 1. The Morgan fingerprint density at radius 1 is 0.413 bits per heavy atom. The normalized spacial score (nSPS) is 13.8.